The molecule has 2 rings (SSSR count). The highest BCUT2D eigenvalue weighted by molar-refractivity contribution is 4.86. The van der Waals surface area contributed by atoms with Crippen molar-refractivity contribution >= 4 is 0 Å². The van der Waals surface area contributed by atoms with Gasteiger partial charge in [0.05, 0.1) is 0 Å². The van der Waals surface area contributed by atoms with E-state index in [4.69, 9.17) is 0 Å². The maximum Gasteiger partial charge on any atom is 0.00129 e. The van der Waals surface area contributed by atoms with Gasteiger partial charge in [0.2, 0.25) is 0 Å². The summed E-state index contributed by atoms with van der Waals surface area (Å²) in [6.45, 7) is 6.55. The van der Waals surface area contributed by atoms with Gasteiger partial charge in [-0.1, -0.05) is 64.7 Å². The van der Waals surface area contributed by atoms with Crippen molar-refractivity contribution in [1.82, 2.24) is 4.90 Å². The second kappa shape index (κ2) is 9.00. The van der Waals surface area contributed by atoms with Crippen molar-refractivity contribution in [2.24, 2.45) is 11.8 Å². The minimum absolute atomic E-state index is 1.07. The van der Waals surface area contributed by atoms with Crippen LogP contribution in [0.25, 0.3) is 0 Å². The molecule has 0 bridgehead atoms. The van der Waals surface area contributed by atoms with Crippen LogP contribution in [0.4, 0.5) is 0 Å². The lowest BCUT2D eigenvalue weighted by atomic mass is 9.82. The van der Waals surface area contributed by atoms with E-state index in [0.29, 0.717) is 0 Å². The minimum atomic E-state index is 1.07. The molecular weight excluding hydrogens is 230 g/mol. The van der Waals surface area contributed by atoms with E-state index in [0.717, 1.165) is 11.8 Å². The van der Waals surface area contributed by atoms with Crippen LogP contribution < -0.4 is 0 Å². The summed E-state index contributed by atoms with van der Waals surface area (Å²) in [7, 11) is 0. The van der Waals surface area contributed by atoms with Gasteiger partial charge in [0.15, 0.2) is 0 Å². The SMILES string of the molecule is CCCCCCCCCCN1C[C@H]2CCCC[C@H]2C1. The standard InChI is InChI=1S/C18H35N/c1-2-3-4-5-6-7-8-11-14-19-15-17-12-9-10-13-18(17)16-19/h17-18H,2-16H2,1H3/t17-,18+. The van der Waals surface area contributed by atoms with E-state index in [9.17, 15) is 0 Å². The van der Waals surface area contributed by atoms with E-state index in [-0.39, 0.29) is 0 Å². The average Bonchev–Trinajstić information content (AvgIpc) is 2.84. The fourth-order valence-corrected chi connectivity index (χ4v) is 4.15. The maximum absolute atomic E-state index is 2.78. The first-order valence-electron chi connectivity index (χ1n) is 9.12. The first-order chi connectivity index (χ1) is 9.40. The molecule has 2 fully saturated rings. The van der Waals surface area contributed by atoms with Gasteiger partial charge in [0.25, 0.3) is 0 Å². The summed E-state index contributed by atoms with van der Waals surface area (Å²) in [5.41, 5.74) is 0. The maximum atomic E-state index is 2.78. The monoisotopic (exact) mass is 265 g/mol. The van der Waals surface area contributed by atoms with Crippen LogP contribution in [0, 0.1) is 11.8 Å². The summed E-state index contributed by atoms with van der Waals surface area (Å²) in [4.78, 5) is 2.78. The molecule has 0 N–H and O–H groups in total. The molecule has 1 heteroatoms. The van der Waals surface area contributed by atoms with Gasteiger partial charge in [-0.2, -0.15) is 0 Å². The van der Waals surface area contributed by atoms with E-state index in [2.05, 4.69) is 11.8 Å². The van der Waals surface area contributed by atoms with Gasteiger partial charge >= 0.3 is 0 Å². The predicted molar refractivity (Wildman–Crippen MR) is 84.5 cm³/mol. The highest BCUT2D eigenvalue weighted by Gasteiger charge is 2.33. The molecule has 0 spiro atoms. The van der Waals surface area contributed by atoms with Crippen molar-refractivity contribution in [3.63, 3.8) is 0 Å². The molecule has 19 heavy (non-hydrogen) atoms. The summed E-state index contributed by atoms with van der Waals surface area (Å²) in [6.07, 6.45) is 17.7. The molecule has 1 aliphatic heterocycles. The topological polar surface area (TPSA) is 3.24 Å². The van der Waals surface area contributed by atoms with Crippen LogP contribution in [0.3, 0.4) is 0 Å². The zero-order valence-corrected chi connectivity index (χ0v) is 13.2. The lowest BCUT2D eigenvalue weighted by Crippen LogP contribution is -2.22. The molecule has 0 aromatic carbocycles. The van der Waals surface area contributed by atoms with Gasteiger partial charge in [0, 0.05) is 13.1 Å². The Labute approximate surface area is 121 Å². The van der Waals surface area contributed by atoms with E-state index in [1.54, 1.807) is 0 Å². The molecule has 1 nitrogen and oxygen atoms in total. The van der Waals surface area contributed by atoms with E-state index < -0.39 is 0 Å². The summed E-state index contributed by atoms with van der Waals surface area (Å²) in [6, 6.07) is 0. The highest BCUT2D eigenvalue weighted by atomic mass is 15.1. The zero-order chi connectivity index (χ0) is 13.3. The Hall–Kier alpha value is -0.0400. The van der Waals surface area contributed by atoms with Crippen LogP contribution in [0.2, 0.25) is 0 Å². The van der Waals surface area contributed by atoms with Crippen LogP contribution in [-0.4, -0.2) is 24.5 Å². The highest BCUT2D eigenvalue weighted by Crippen LogP contribution is 2.35. The molecule has 1 saturated heterocycles. The Kier molecular flexibility index (Phi) is 7.27. The number of unbranched alkanes of at least 4 members (excludes halogenated alkanes) is 7. The molecule has 0 radical (unpaired) electrons. The molecule has 1 heterocycles. The Balaban J connectivity index is 1.43. The Morgan fingerprint density at radius 1 is 0.737 bits per heavy atom. The third-order valence-electron chi connectivity index (χ3n) is 5.38. The van der Waals surface area contributed by atoms with Crippen molar-refractivity contribution in [1.29, 1.82) is 0 Å². The molecule has 112 valence electrons. The third-order valence-corrected chi connectivity index (χ3v) is 5.38. The van der Waals surface area contributed by atoms with Gasteiger partial charge < -0.3 is 4.90 Å². The zero-order valence-electron chi connectivity index (χ0n) is 13.2. The number of hydrogen-bond donors (Lipinski definition) is 0. The Morgan fingerprint density at radius 2 is 1.26 bits per heavy atom. The summed E-state index contributed by atoms with van der Waals surface area (Å²) in [5, 5.41) is 0. The summed E-state index contributed by atoms with van der Waals surface area (Å²) >= 11 is 0. The number of likely N-dealkylation sites (tertiary alicyclic amines) is 1. The molecule has 0 amide bonds. The molecule has 1 saturated carbocycles. The molecule has 0 aromatic heterocycles. The van der Waals surface area contributed by atoms with Gasteiger partial charge in [-0.3, -0.25) is 0 Å². The molecule has 2 aliphatic rings. The average molecular weight is 265 g/mol. The van der Waals surface area contributed by atoms with Gasteiger partial charge in [-0.25, -0.2) is 0 Å². The second-order valence-corrected chi connectivity index (χ2v) is 7.04. The number of hydrogen-bond acceptors (Lipinski definition) is 1. The first kappa shape index (κ1) is 15.4. The van der Waals surface area contributed by atoms with Crippen molar-refractivity contribution < 1.29 is 0 Å². The molecule has 0 aromatic rings. The lowest BCUT2D eigenvalue weighted by Gasteiger charge is -2.23. The normalized spacial score (nSPS) is 27.6. The predicted octanol–water partition coefficient (Wildman–Crippen LogP) is 5.25. The number of fused-ring (bicyclic) bond motifs is 1. The lowest BCUT2D eigenvalue weighted by molar-refractivity contribution is 0.299. The molecule has 1 aliphatic carbocycles. The number of rotatable bonds is 9. The summed E-state index contributed by atoms with van der Waals surface area (Å²) in [5.74, 6) is 2.14. The van der Waals surface area contributed by atoms with Crippen LogP contribution in [-0.2, 0) is 0 Å². The molecule has 0 unspecified atom stereocenters. The quantitative estimate of drug-likeness (QED) is 0.515. The third kappa shape index (κ3) is 5.45. The Bertz CT molecular complexity index is 212. The minimum Gasteiger partial charge on any atom is -0.303 e. The van der Waals surface area contributed by atoms with Crippen molar-refractivity contribution in [2.75, 3.05) is 19.6 Å². The smallest absolute Gasteiger partial charge is 0.00129 e. The fraction of sp³-hybridized carbons (Fsp3) is 1.00. The van der Waals surface area contributed by atoms with E-state index in [1.807, 2.05) is 0 Å². The van der Waals surface area contributed by atoms with Gasteiger partial charge in [-0.15, -0.1) is 0 Å². The largest absolute Gasteiger partial charge is 0.303 e. The van der Waals surface area contributed by atoms with Crippen LogP contribution in [0.5, 0.6) is 0 Å². The van der Waals surface area contributed by atoms with Crippen molar-refractivity contribution in [3.05, 3.63) is 0 Å². The van der Waals surface area contributed by atoms with Crippen LogP contribution in [0.15, 0.2) is 0 Å². The van der Waals surface area contributed by atoms with Crippen molar-refractivity contribution in [3.8, 4) is 0 Å². The van der Waals surface area contributed by atoms with Crippen LogP contribution in [0.1, 0.15) is 84.0 Å². The molecule has 2 atom stereocenters. The second-order valence-electron chi connectivity index (χ2n) is 7.04. The first-order valence-corrected chi connectivity index (χ1v) is 9.12. The Morgan fingerprint density at radius 3 is 1.84 bits per heavy atom. The van der Waals surface area contributed by atoms with E-state index >= 15 is 0 Å². The van der Waals surface area contributed by atoms with Crippen LogP contribution >= 0.6 is 0 Å². The van der Waals surface area contributed by atoms with Gasteiger partial charge in [0.1, 0.15) is 0 Å². The molecular formula is C18H35N. The fourth-order valence-electron chi connectivity index (χ4n) is 4.15. The van der Waals surface area contributed by atoms with Gasteiger partial charge in [-0.05, 0) is 37.6 Å². The van der Waals surface area contributed by atoms with E-state index in [1.165, 1.54) is 96.7 Å². The number of nitrogens with zero attached hydrogens (tertiary/aromatic N) is 1. The van der Waals surface area contributed by atoms with Crippen molar-refractivity contribution in [2.45, 2.75) is 84.0 Å². The summed E-state index contributed by atoms with van der Waals surface area (Å²) < 4.78 is 0.